The van der Waals surface area contributed by atoms with Gasteiger partial charge in [-0.25, -0.2) is 0 Å². The molecule has 0 fully saturated rings. The number of nitrogens with zero attached hydrogens (tertiary/aromatic N) is 1. The van der Waals surface area contributed by atoms with E-state index in [-0.39, 0.29) is 0 Å². The summed E-state index contributed by atoms with van der Waals surface area (Å²) >= 11 is 0. The van der Waals surface area contributed by atoms with Crippen molar-refractivity contribution in [3.63, 3.8) is 0 Å². The van der Waals surface area contributed by atoms with Crippen molar-refractivity contribution in [2.24, 2.45) is 0 Å². The molecule has 3 nitrogen and oxygen atoms in total. The number of hydrogen-bond acceptors (Lipinski definition) is 3. The zero-order valence-electron chi connectivity index (χ0n) is 9.54. The van der Waals surface area contributed by atoms with E-state index in [4.69, 9.17) is 9.47 Å². The van der Waals surface area contributed by atoms with E-state index in [1.807, 2.05) is 0 Å². The Morgan fingerprint density at radius 3 is 2.23 bits per heavy atom. The van der Waals surface area contributed by atoms with E-state index in [0.717, 1.165) is 19.8 Å². The van der Waals surface area contributed by atoms with Crippen LogP contribution in [-0.4, -0.2) is 51.0 Å². The summed E-state index contributed by atoms with van der Waals surface area (Å²) in [5, 5.41) is 0. The molecule has 80 valence electrons. The number of rotatable bonds is 7. The molecule has 1 atom stereocenters. The molecule has 0 amide bonds. The summed E-state index contributed by atoms with van der Waals surface area (Å²) in [5.74, 6) is 0. The Morgan fingerprint density at radius 2 is 1.85 bits per heavy atom. The molecule has 0 N–H and O–H groups in total. The topological polar surface area (TPSA) is 21.7 Å². The van der Waals surface area contributed by atoms with Crippen LogP contribution < -0.4 is 0 Å². The van der Waals surface area contributed by atoms with Crippen molar-refractivity contribution >= 4 is 0 Å². The zero-order chi connectivity index (χ0) is 10.3. The monoisotopic (exact) mass is 189 g/mol. The van der Waals surface area contributed by atoms with E-state index in [9.17, 15) is 0 Å². The van der Waals surface area contributed by atoms with Gasteiger partial charge in [0.1, 0.15) is 0 Å². The van der Waals surface area contributed by atoms with Crippen LogP contribution in [0.5, 0.6) is 0 Å². The predicted octanol–water partition coefficient (Wildman–Crippen LogP) is 1.38. The molecule has 0 aliphatic carbocycles. The Kier molecular flexibility index (Phi) is 7.23. The van der Waals surface area contributed by atoms with Crippen molar-refractivity contribution in [3.8, 4) is 0 Å². The minimum atomic E-state index is 0.296. The highest BCUT2D eigenvalue weighted by Gasteiger charge is 2.13. The first-order valence-electron chi connectivity index (χ1n) is 4.92. The van der Waals surface area contributed by atoms with Crippen molar-refractivity contribution in [3.05, 3.63) is 0 Å². The second-order valence-corrected chi connectivity index (χ2v) is 3.56. The van der Waals surface area contributed by atoms with Gasteiger partial charge in [0.2, 0.25) is 0 Å². The third-order valence-corrected chi connectivity index (χ3v) is 2.10. The number of methoxy groups -OCH3 is 1. The highest BCUT2D eigenvalue weighted by molar-refractivity contribution is 4.66. The zero-order valence-corrected chi connectivity index (χ0v) is 9.54. The second kappa shape index (κ2) is 7.30. The Bertz CT molecular complexity index is 117. The van der Waals surface area contributed by atoms with Crippen LogP contribution in [0.3, 0.4) is 0 Å². The van der Waals surface area contributed by atoms with Gasteiger partial charge in [0, 0.05) is 7.11 Å². The Morgan fingerprint density at radius 1 is 1.23 bits per heavy atom. The van der Waals surface area contributed by atoms with E-state index >= 15 is 0 Å². The van der Waals surface area contributed by atoms with E-state index in [0.29, 0.717) is 12.1 Å². The van der Waals surface area contributed by atoms with Gasteiger partial charge in [-0.2, -0.15) is 0 Å². The molecular formula is C10H23NO2. The van der Waals surface area contributed by atoms with E-state index < -0.39 is 0 Å². The quantitative estimate of drug-likeness (QED) is 0.604. The third kappa shape index (κ3) is 6.02. The fraction of sp³-hybridized carbons (Fsp3) is 1.00. The molecule has 0 aromatic rings. The van der Waals surface area contributed by atoms with Crippen molar-refractivity contribution in [1.82, 2.24) is 4.90 Å². The summed E-state index contributed by atoms with van der Waals surface area (Å²) in [6, 6.07) is 0.373. The lowest BCUT2D eigenvalue weighted by molar-refractivity contribution is 0.00512. The van der Waals surface area contributed by atoms with E-state index in [1.165, 1.54) is 0 Å². The smallest absolute Gasteiger partial charge is 0.0647 e. The van der Waals surface area contributed by atoms with E-state index in [2.05, 4.69) is 32.7 Å². The van der Waals surface area contributed by atoms with Gasteiger partial charge in [0.05, 0.1) is 25.4 Å². The van der Waals surface area contributed by atoms with Gasteiger partial charge in [-0.3, -0.25) is 4.90 Å². The molecule has 0 bridgehead atoms. The Labute approximate surface area is 82.0 Å². The summed E-state index contributed by atoms with van der Waals surface area (Å²) in [5.41, 5.74) is 0. The summed E-state index contributed by atoms with van der Waals surface area (Å²) < 4.78 is 10.7. The lowest BCUT2D eigenvalue weighted by atomic mass is 10.3. The van der Waals surface area contributed by atoms with Crippen LogP contribution in [0.2, 0.25) is 0 Å². The molecule has 0 heterocycles. The average molecular weight is 189 g/mol. The van der Waals surface area contributed by atoms with E-state index in [1.54, 1.807) is 7.11 Å². The molecule has 0 saturated heterocycles. The maximum absolute atomic E-state index is 5.56. The highest BCUT2D eigenvalue weighted by atomic mass is 16.5. The highest BCUT2D eigenvalue weighted by Crippen LogP contribution is 2.00. The van der Waals surface area contributed by atoms with Gasteiger partial charge in [0.25, 0.3) is 0 Å². The SMILES string of the molecule is CCN(C)C(COC)COC(C)C. The van der Waals surface area contributed by atoms with Gasteiger partial charge in [0.15, 0.2) is 0 Å². The molecule has 0 spiro atoms. The van der Waals surface area contributed by atoms with Crippen molar-refractivity contribution in [2.45, 2.75) is 32.9 Å². The van der Waals surface area contributed by atoms with Crippen molar-refractivity contribution in [2.75, 3.05) is 33.9 Å². The van der Waals surface area contributed by atoms with Crippen LogP contribution in [0.1, 0.15) is 20.8 Å². The molecule has 1 unspecified atom stereocenters. The first kappa shape index (κ1) is 12.9. The maximum atomic E-state index is 5.56. The minimum absolute atomic E-state index is 0.296. The van der Waals surface area contributed by atoms with Gasteiger partial charge in [-0.05, 0) is 27.4 Å². The summed E-state index contributed by atoms with van der Waals surface area (Å²) in [7, 11) is 3.82. The van der Waals surface area contributed by atoms with Gasteiger partial charge < -0.3 is 9.47 Å². The van der Waals surface area contributed by atoms with Crippen LogP contribution in [0.4, 0.5) is 0 Å². The maximum Gasteiger partial charge on any atom is 0.0647 e. The van der Waals surface area contributed by atoms with Crippen molar-refractivity contribution < 1.29 is 9.47 Å². The standard InChI is InChI=1S/C10H23NO2/c1-6-11(4)10(7-12-5)8-13-9(2)3/h9-10H,6-8H2,1-5H3. The third-order valence-electron chi connectivity index (χ3n) is 2.10. The molecule has 0 aliphatic rings. The minimum Gasteiger partial charge on any atom is -0.383 e. The van der Waals surface area contributed by atoms with Gasteiger partial charge in [-0.15, -0.1) is 0 Å². The Balaban J connectivity index is 3.79. The molecular weight excluding hydrogens is 166 g/mol. The fourth-order valence-corrected chi connectivity index (χ4v) is 1.06. The summed E-state index contributed by atoms with van der Waals surface area (Å²) in [6.07, 6.45) is 0.296. The van der Waals surface area contributed by atoms with Crippen molar-refractivity contribution in [1.29, 1.82) is 0 Å². The second-order valence-electron chi connectivity index (χ2n) is 3.56. The van der Waals surface area contributed by atoms with Crippen LogP contribution in [0.15, 0.2) is 0 Å². The molecule has 0 rings (SSSR count). The summed E-state index contributed by atoms with van der Waals surface area (Å²) in [4.78, 5) is 2.24. The number of hydrogen-bond donors (Lipinski definition) is 0. The lowest BCUT2D eigenvalue weighted by Crippen LogP contribution is -2.39. The molecule has 0 radical (unpaired) electrons. The van der Waals surface area contributed by atoms with Gasteiger partial charge in [-0.1, -0.05) is 6.92 Å². The molecule has 0 aromatic carbocycles. The summed E-state index contributed by atoms with van der Waals surface area (Å²) in [6.45, 7) is 8.74. The molecule has 0 aliphatic heterocycles. The van der Waals surface area contributed by atoms with Crippen LogP contribution in [0, 0.1) is 0 Å². The molecule has 13 heavy (non-hydrogen) atoms. The number of likely N-dealkylation sites (N-methyl/N-ethyl adjacent to an activating group) is 1. The first-order chi connectivity index (χ1) is 6.11. The van der Waals surface area contributed by atoms with Crippen LogP contribution >= 0.6 is 0 Å². The first-order valence-corrected chi connectivity index (χ1v) is 4.92. The molecule has 3 heteroatoms. The average Bonchev–Trinajstić information content (AvgIpc) is 2.10. The van der Waals surface area contributed by atoms with Crippen LogP contribution in [0.25, 0.3) is 0 Å². The van der Waals surface area contributed by atoms with Crippen LogP contribution in [-0.2, 0) is 9.47 Å². The predicted molar refractivity (Wildman–Crippen MR) is 55.1 cm³/mol. The molecule has 0 saturated carbocycles. The number of ether oxygens (including phenoxy) is 2. The molecule has 0 aromatic heterocycles. The largest absolute Gasteiger partial charge is 0.383 e. The Hall–Kier alpha value is -0.120. The normalized spacial score (nSPS) is 14.1. The fourth-order valence-electron chi connectivity index (χ4n) is 1.06. The lowest BCUT2D eigenvalue weighted by Gasteiger charge is -2.26. The van der Waals surface area contributed by atoms with Gasteiger partial charge >= 0.3 is 0 Å².